The van der Waals surface area contributed by atoms with Crippen LogP contribution in [-0.2, 0) is 11.2 Å². The van der Waals surface area contributed by atoms with Gasteiger partial charge in [0.1, 0.15) is 5.69 Å². The molecule has 0 radical (unpaired) electrons. The molecule has 3 aromatic rings. The number of hydrogen-bond acceptors (Lipinski definition) is 17. The van der Waals surface area contributed by atoms with E-state index >= 15 is 0 Å². The van der Waals surface area contributed by atoms with Crippen molar-refractivity contribution >= 4 is 29.1 Å². The number of amides is 3. The average Bonchev–Trinajstić information content (AvgIpc) is 3.33. The maximum Gasteiger partial charge on any atom is 0.306 e. The maximum absolute atomic E-state index is 13.9. The Morgan fingerprint density at radius 1 is 0.870 bits per heavy atom. The Labute approximate surface area is 254 Å². The fraction of sp³-hybridized carbons (Fsp3) is 0.280. The van der Waals surface area contributed by atoms with Gasteiger partial charge in [-0.2, -0.15) is 5.10 Å². The number of hydrogen-bond donors (Lipinski definition) is 13. The molecule has 0 saturated carbocycles. The van der Waals surface area contributed by atoms with E-state index in [9.17, 15) is 75.7 Å². The molecule has 1 saturated heterocycles. The second-order valence-electron chi connectivity index (χ2n) is 10.4. The fourth-order valence-electron chi connectivity index (χ4n) is 5.17. The molecule has 0 aliphatic carbocycles. The van der Waals surface area contributed by atoms with Crippen molar-refractivity contribution in [2.45, 2.75) is 29.7 Å². The molecule has 0 unspecified atom stereocenters. The number of β-amino-alcohol motifs (C(OH)–C–C–N with tert-alkyl or cyclic N) is 2. The Morgan fingerprint density at radius 3 is 1.89 bits per heavy atom. The molecule has 2 aliphatic heterocycles. The van der Waals surface area contributed by atoms with Crippen LogP contribution < -0.4 is 20.3 Å². The summed E-state index contributed by atoms with van der Waals surface area (Å²) in [4.78, 5) is 39.4. The highest BCUT2D eigenvalue weighted by Crippen LogP contribution is 2.53. The lowest BCUT2D eigenvalue weighted by molar-refractivity contribution is -0.440. The topological polar surface area (TPSA) is 354 Å². The van der Waals surface area contributed by atoms with Crippen LogP contribution in [0, 0.1) is 0 Å². The quantitative estimate of drug-likeness (QED) is 0.0697. The van der Waals surface area contributed by atoms with E-state index < -0.39 is 105 Å². The highest BCUT2D eigenvalue weighted by Gasteiger charge is 2.70. The second-order valence-corrected chi connectivity index (χ2v) is 10.4. The first-order valence-corrected chi connectivity index (χ1v) is 12.6. The number of nitrogens with two attached hydrogens (primary N) is 1. The number of methoxy groups -OCH3 is 1. The van der Waals surface area contributed by atoms with Crippen molar-refractivity contribution in [1.29, 1.82) is 0 Å². The van der Waals surface area contributed by atoms with Crippen molar-refractivity contribution in [3.63, 3.8) is 0 Å². The molecule has 14 N–H and O–H groups in total. The van der Waals surface area contributed by atoms with Crippen LogP contribution in [0.1, 0.15) is 26.5 Å². The number of fused-ring (bicyclic) bond motifs is 1. The van der Waals surface area contributed by atoms with Gasteiger partial charge in [0.25, 0.3) is 29.4 Å². The van der Waals surface area contributed by atoms with Crippen molar-refractivity contribution in [3.05, 3.63) is 41.2 Å². The Hall–Kier alpha value is -5.26. The van der Waals surface area contributed by atoms with Crippen molar-refractivity contribution < 1.29 is 80.4 Å². The highest BCUT2D eigenvalue weighted by molar-refractivity contribution is 6.10. The molecule has 3 amide bonds. The van der Waals surface area contributed by atoms with Gasteiger partial charge in [0.15, 0.2) is 22.9 Å². The summed E-state index contributed by atoms with van der Waals surface area (Å²) in [5.41, 5.74) is 1.72. The van der Waals surface area contributed by atoms with Crippen molar-refractivity contribution in [1.82, 2.24) is 9.78 Å². The number of phenols is 4. The first kappa shape index (κ1) is 32.1. The molecule has 0 spiro atoms. The van der Waals surface area contributed by atoms with Gasteiger partial charge in [-0.1, -0.05) is 0 Å². The molecule has 2 aromatic carbocycles. The number of primary amides is 1. The van der Waals surface area contributed by atoms with E-state index in [1.54, 1.807) is 0 Å². The highest BCUT2D eigenvalue weighted by atomic mass is 16.7. The third kappa shape index (κ3) is 4.19. The van der Waals surface area contributed by atoms with Crippen LogP contribution in [0.3, 0.4) is 0 Å². The number of anilines is 2. The van der Waals surface area contributed by atoms with Gasteiger partial charge < -0.3 is 76.6 Å². The van der Waals surface area contributed by atoms with Crippen LogP contribution in [0.4, 0.5) is 11.4 Å². The molecule has 246 valence electrons. The Bertz CT molecular complexity index is 1780. The van der Waals surface area contributed by atoms with Gasteiger partial charge in [-0.3, -0.25) is 19.3 Å². The number of nitrogens with zero attached hydrogens (tertiary/aromatic N) is 4. The SMILES string of the molecule is COc1c(O)c(O)c(-n2nc(C(N)=O)c3c2C(=O)N(c2ccc(N4CC(O)(O)C(O)(O)C(O)(O)C4=O)cc2)C(O)(O)C3)c(O)c1O. The largest absolute Gasteiger partial charge is 0.503 e. The zero-order valence-corrected chi connectivity index (χ0v) is 23.1. The van der Waals surface area contributed by atoms with Crippen LogP contribution >= 0.6 is 0 Å². The zero-order chi connectivity index (χ0) is 34.5. The third-order valence-corrected chi connectivity index (χ3v) is 7.52. The van der Waals surface area contributed by atoms with Crippen LogP contribution in [0.2, 0.25) is 0 Å². The normalized spacial score (nSPS) is 19.6. The molecule has 0 atom stereocenters. The number of aromatic nitrogens is 2. The number of benzene rings is 2. The number of rotatable bonds is 5. The summed E-state index contributed by atoms with van der Waals surface area (Å²) in [6, 6.07) is 3.80. The van der Waals surface area contributed by atoms with E-state index in [-0.39, 0.29) is 11.4 Å². The second kappa shape index (κ2) is 9.87. The number of phenolic OH excluding ortho intramolecular Hbond substituents is 4. The van der Waals surface area contributed by atoms with Gasteiger partial charge in [-0.25, -0.2) is 4.68 Å². The molecule has 2 aliphatic rings. The zero-order valence-electron chi connectivity index (χ0n) is 23.1. The van der Waals surface area contributed by atoms with E-state index in [2.05, 4.69) is 5.10 Å². The molecular formula is C25H25N5O16. The fourth-order valence-corrected chi connectivity index (χ4v) is 5.17. The first-order valence-electron chi connectivity index (χ1n) is 12.6. The standard InChI is InChI=1S/C25H25N5O16/c1-46-18-16(33)14(31)13(15(32)17(18)34)30-12-10(11(27-30)19(26)35)6-23(40,41)29(20(12)36)9-4-2-8(3-5-9)28-7-22(38,39)25(44,45)24(42,43)21(28)37/h2-5,31-34,38-45H,6-7H2,1H3,(H2,26,35). The molecule has 46 heavy (non-hydrogen) atoms. The van der Waals surface area contributed by atoms with E-state index in [1.807, 2.05) is 0 Å². The van der Waals surface area contributed by atoms with Crippen LogP contribution in [0.5, 0.6) is 28.7 Å². The minimum absolute atomic E-state index is 0.314. The summed E-state index contributed by atoms with van der Waals surface area (Å²) in [6.07, 6.45) is -0.988. The molecule has 1 fully saturated rings. The molecule has 1 aromatic heterocycles. The van der Waals surface area contributed by atoms with Crippen molar-refractivity contribution in [2.75, 3.05) is 23.5 Å². The lowest BCUT2D eigenvalue weighted by Gasteiger charge is -2.49. The molecular weight excluding hydrogens is 626 g/mol. The third-order valence-electron chi connectivity index (χ3n) is 7.52. The number of piperidine rings is 1. The molecule has 21 nitrogen and oxygen atoms in total. The number of carbonyl (C=O) groups excluding carboxylic acids is 3. The van der Waals surface area contributed by atoms with Crippen molar-refractivity contribution in [2.24, 2.45) is 5.73 Å². The summed E-state index contributed by atoms with van der Waals surface area (Å²) in [6.45, 7) is -1.30. The van der Waals surface area contributed by atoms with Crippen LogP contribution in [-0.4, -0.2) is 126 Å². The monoisotopic (exact) mass is 651 g/mol. The first-order chi connectivity index (χ1) is 21.1. The van der Waals surface area contributed by atoms with Crippen LogP contribution in [0.25, 0.3) is 5.69 Å². The van der Waals surface area contributed by atoms with E-state index in [0.717, 1.165) is 31.4 Å². The number of carbonyl (C=O) groups is 3. The maximum atomic E-state index is 13.9. The summed E-state index contributed by atoms with van der Waals surface area (Å²) >= 11 is 0. The summed E-state index contributed by atoms with van der Waals surface area (Å²) < 4.78 is 5.14. The van der Waals surface area contributed by atoms with E-state index in [4.69, 9.17) is 10.5 Å². The predicted molar refractivity (Wildman–Crippen MR) is 143 cm³/mol. The number of aliphatic hydroxyl groups is 8. The summed E-state index contributed by atoms with van der Waals surface area (Å²) in [7, 11) is 0.977. The average molecular weight is 651 g/mol. The number of aromatic hydroxyl groups is 4. The van der Waals surface area contributed by atoms with Crippen LogP contribution in [0.15, 0.2) is 24.3 Å². The molecule has 21 heteroatoms. The molecule has 0 bridgehead atoms. The summed E-state index contributed by atoms with van der Waals surface area (Å²) in [5.74, 6) is -25.0. The Kier molecular flexibility index (Phi) is 6.90. The summed E-state index contributed by atoms with van der Waals surface area (Å²) in [5, 5.41) is 127. The number of ether oxygens (including phenoxy) is 1. The van der Waals surface area contributed by atoms with E-state index in [0.29, 0.717) is 14.5 Å². The predicted octanol–water partition coefficient (Wildman–Crippen LogP) is -4.97. The molecule has 5 rings (SSSR count). The van der Waals surface area contributed by atoms with Gasteiger partial charge in [-0.05, 0) is 24.3 Å². The minimum Gasteiger partial charge on any atom is -0.503 e. The van der Waals surface area contributed by atoms with E-state index in [1.165, 1.54) is 0 Å². The lowest BCUT2D eigenvalue weighted by atomic mass is 9.89. The van der Waals surface area contributed by atoms with Crippen molar-refractivity contribution in [3.8, 4) is 34.4 Å². The Balaban J connectivity index is 1.63. The smallest absolute Gasteiger partial charge is 0.306 e. The van der Waals surface area contributed by atoms with Gasteiger partial charge in [0, 0.05) is 16.9 Å². The lowest BCUT2D eigenvalue weighted by Crippen LogP contribution is -2.80. The van der Waals surface area contributed by atoms with Gasteiger partial charge in [0.05, 0.1) is 20.1 Å². The Morgan fingerprint density at radius 2 is 1.39 bits per heavy atom. The van der Waals surface area contributed by atoms with Gasteiger partial charge in [0.2, 0.25) is 23.0 Å². The van der Waals surface area contributed by atoms with Gasteiger partial charge >= 0.3 is 5.79 Å². The minimum atomic E-state index is -4.12. The molecule has 3 heterocycles. The van der Waals surface area contributed by atoms with Gasteiger partial charge in [-0.15, -0.1) is 0 Å².